The molecule has 5 nitrogen and oxygen atoms in total. The molecule has 0 heterocycles. The predicted octanol–water partition coefficient (Wildman–Crippen LogP) is 2.12. The lowest BCUT2D eigenvalue weighted by Gasteiger charge is -2.18. The maximum Gasteiger partial charge on any atom is 0.321 e. The molecule has 0 radical (unpaired) electrons. The van der Waals surface area contributed by atoms with Crippen LogP contribution >= 0.6 is 15.9 Å². The van der Waals surface area contributed by atoms with Gasteiger partial charge in [-0.3, -0.25) is 4.79 Å². The zero-order valence-corrected chi connectivity index (χ0v) is 13.3. The predicted molar refractivity (Wildman–Crippen MR) is 76.1 cm³/mol. The van der Waals surface area contributed by atoms with Crippen molar-refractivity contribution < 1.29 is 22.7 Å². The van der Waals surface area contributed by atoms with Gasteiger partial charge in [0.1, 0.15) is 11.9 Å². The number of halogens is 2. The molecular weight excluding hydrogens is 353 g/mol. The van der Waals surface area contributed by atoms with Crippen molar-refractivity contribution in [1.82, 2.24) is 4.72 Å². The molecular formula is C12H15BrFNO4S. The molecule has 0 saturated carbocycles. The lowest BCUT2D eigenvalue weighted by Crippen LogP contribution is -2.44. The van der Waals surface area contributed by atoms with Crippen LogP contribution in [0.3, 0.4) is 0 Å². The minimum absolute atomic E-state index is 0.234. The third-order valence-electron chi connectivity index (χ3n) is 2.58. The van der Waals surface area contributed by atoms with Crippen LogP contribution in [0, 0.1) is 11.7 Å². The smallest absolute Gasteiger partial charge is 0.321 e. The van der Waals surface area contributed by atoms with Gasteiger partial charge in [0.05, 0.1) is 10.2 Å². The van der Waals surface area contributed by atoms with Gasteiger partial charge in [0.2, 0.25) is 10.0 Å². The minimum Gasteiger partial charge on any atom is -0.480 e. The highest BCUT2D eigenvalue weighted by Gasteiger charge is 2.27. The molecule has 0 aliphatic rings. The Bertz CT molecular complexity index is 603. The molecule has 1 aromatic rings. The molecule has 0 fully saturated rings. The van der Waals surface area contributed by atoms with Crippen molar-refractivity contribution in [2.24, 2.45) is 5.92 Å². The number of rotatable bonds is 6. The fourth-order valence-electron chi connectivity index (χ4n) is 1.56. The fraction of sp³-hybridized carbons (Fsp3) is 0.417. The van der Waals surface area contributed by atoms with Gasteiger partial charge < -0.3 is 5.11 Å². The number of hydrogen-bond acceptors (Lipinski definition) is 3. The summed E-state index contributed by atoms with van der Waals surface area (Å²) in [6, 6.07) is 2.74. The fourth-order valence-corrected chi connectivity index (χ4v) is 3.26. The quantitative estimate of drug-likeness (QED) is 0.806. The van der Waals surface area contributed by atoms with Crippen LogP contribution < -0.4 is 4.72 Å². The molecule has 1 aromatic carbocycles. The Morgan fingerprint density at radius 2 is 2.05 bits per heavy atom. The molecule has 8 heteroatoms. The number of sulfonamides is 1. The summed E-state index contributed by atoms with van der Waals surface area (Å²) in [6.07, 6.45) is 0. The first-order valence-electron chi connectivity index (χ1n) is 5.79. The molecule has 0 amide bonds. The highest BCUT2D eigenvalue weighted by molar-refractivity contribution is 9.10. The Morgan fingerprint density at radius 3 is 2.50 bits per heavy atom. The third kappa shape index (κ3) is 4.84. The number of benzene rings is 1. The molecule has 0 aliphatic heterocycles. The van der Waals surface area contributed by atoms with Gasteiger partial charge in [0, 0.05) is 0 Å². The van der Waals surface area contributed by atoms with Crippen LogP contribution in [0.4, 0.5) is 4.39 Å². The van der Waals surface area contributed by atoms with E-state index in [0.717, 1.165) is 6.07 Å². The van der Waals surface area contributed by atoms with Crippen LogP contribution in [0.1, 0.15) is 19.4 Å². The van der Waals surface area contributed by atoms with E-state index in [4.69, 9.17) is 5.11 Å². The SMILES string of the molecule is CC(C)[C@@H](NS(=O)(=O)Cc1ccc(Br)c(F)c1)C(=O)O. The van der Waals surface area contributed by atoms with Crippen LogP contribution in [0.15, 0.2) is 22.7 Å². The topological polar surface area (TPSA) is 83.5 Å². The summed E-state index contributed by atoms with van der Waals surface area (Å²) in [5.41, 5.74) is 0.242. The van der Waals surface area contributed by atoms with E-state index >= 15 is 0 Å². The summed E-state index contributed by atoms with van der Waals surface area (Å²) in [7, 11) is -3.87. The Labute approximate surface area is 125 Å². The van der Waals surface area contributed by atoms with Crippen molar-refractivity contribution in [3.63, 3.8) is 0 Å². The molecule has 0 aromatic heterocycles. The van der Waals surface area contributed by atoms with Gasteiger partial charge in [-0.05, 0) is 39.5 Å². The molecule has 0 saturated heterocycles. The van der Waals surface area contributed by atoms with E-state index in [0.29, 0.717) is 0 Å². The molecule has 20 heavy (non-hydrogen) atoms. The summed E-state index contributed by atoms with van der Waals surface area (Å²) in [4.78, 5) is 11.0. The van der Waals surface area contributed by atoms with Crippen LogP contribution in [-0.2, 0) is 20.6 Å². The average molecular weight is 368 g/mol. The largest absolute Gasteiger partial charge is 0.480 e. The van der Waals surface area contributed by atoms with E-state index in [1.54, 1.807) is 13.8 Å². The summed E-state index contributed by atoms with van der Waals surface area (Å²) in [5.74, 6) is -2.70. The lowest BCUT2D eigenvalue weighted by molar-refractivity contribution is -0.140. The summed E-state index contributed by atoms with van der Waals surface area (Å²) < 4.78 is 39.5. The van der Waals surface area contributed by atoms with E-state index in [1.165, 1.54) is 12.1 Å². The average Bonchev–Trinajstić information content (AvgIpc) is 2.30. The van der Waals surface area contributed by atoms with E-state index in [-0.39, 0.29) is 10.0 Å². The minimum atomic E-state index is -3.87. The van der Waals surface area contributed by atoms with Gasteiger partial charge in [0.15, 0.2) is 0 Å². The van der Waals surface area contributed by atoms with E-state index < -0.39 is 39.5 Å². The van der Waals surface area contributed by atoms with E-state index in [9.17, 15) is 17.6 Å². The van der Waals surface area contributed by atoms with Gasteiger partial charge in [0.25, 0.3) is 0 Å². The van der Waals surface area contributed by atoms with Gasteiger partial charge in [-0.15, -0.1) is 0 Å². The third-order valence-corrected chi connectivity index (χ3v) is 4.55. The van der Waals surface area contributed by atoms with Crippen molar-refractivity contribution in [1.29, 1.82) is 0 Å². The Balaban J connectivity index is 2.89. The molecule has 0 bridgehead atoms. The maximum absolute atomic E-state index is 13.3. The first kappa shape index (κ1) is 17.1. The second-order valence-corrected chi connectivity index (χ2v) is 7.29. The number of carbonyl (C=O) groups is 1. The Kier molecular flexibility index (Phi) is 5.67. The molecule has 0 aliphatic carbocycles. The van der Waals surface area contributed by atoms with Crippen LogP contribution in [0.5, 0.6) is 0 Å². The molecule has 0 spiro atoms. The molecule has 1 rings (SSSR count). The van der Waals surface area contributed by atoms with Crippen molar-refractivity contribution in [2.45, 2.75) is 25.6 Å². The van der Waals surface area contributed by atoms with Crippen molar-refractivity contribution in [2.75, 3.05) is 0 Å². The monoisotopic (exact) mass is 367 g/mol. The normalized spacial score (nSPS) is 13.4. The van der Waals surface area contributed by atoms with Crippen LogP contribution in [0.2, 0.25) is 0 Å². The number of carboxylic acids is 1. The standard InChI is InChI=1S/C12H15BrFNO4S/c1-7(2)11(12(16)17)15-20(18,19)6-8-3-4-9(13)10(14)5-8/h3-5,7,11,15H,6H2,1-2H3,(H,16,17)/t11-/m1/s1. The van der Waals surface area contributed by atoms with Crippen LogP contribution in [0.25, 0.3) is 0 Å². The summed E-state index contributed by atoms with van der Waals surface area (Å²) in [5, 5.41) is 8.96. The molecule has 1 atom stereocenters. The highest BCUT2D eigenvalue weighted by atomic mass is 79.9. The molecule has 0 unspecified atom stereocenters. The van der Waals surface area contributed by atoms with Gasteiger partial charge in [-0.2, -0.15) is 0 Å². The Morgan fingerprint density at radius 1 is 1.45 bits per heavy atom. The Hall–Kier alpha value is -0.990. The van der Waals surface area contributed by atoms with Crippen molar-refractivity contribution >= 4 is 31.9 Å². The molecule has 112 valence electrons. The number of hydrogen-bond donors (Lipinski definition) is 2. The highest BCUT2D eigenvalue weighted by Crippen LogP contribution is 2.18. The van der Waals surface area contributed by atoms with Gasteiger partial charge >= 0.3 is 5.97 Å². The lowest BCUT2D eigenvalue weighted by atomic mass is 10.1. The second-order valence-electron chi connectivity index (χ2n) is 4.69. The number of nitrogens with one attached hydrogen (secondary N) is 1. The van der Waals surface area contributed by atoms with Crippen molar-refractivity contribution in [3.8, 4) is 0 Å². The number of carboxylic acid groups (broad SMARTS) is 1. The second kappa shape index (κ2) is 6.64. The van der Waals surface area contributed by atoms with E-state index in [2.05, 4.69) is 20.7 Å². The van der Waals surface area contributed by atoms with Crippen molar-refractivity contribution in [3.05, 3.63) is 34.1 Å². The zero-order valence-electron chi connectivity index (χ0n) is 10.9. The first-order valence-corrected chi connectivity index (χ1v) is 8.23. The van der Waals surface area contributed by atoms with E-state index in [1.807, 2.05) is 0 Å². The van der Waals surface area contributed by atoms with Gasteiger partial charge in [-0.1, -0.05) is 19.9 Å². The van der Waals surface area contributed by atoms with Crippen LogP contribution in [-0.4, -0.2) is 25.5 Å². The summed E-state index contributed by atoms with van der Waals surface area (Å²) >= 11 is 2.97. The maximum atomic E-state index is 13.3. The summed E-state index contributed by atoms with van der Waals surface area (Å²) in [6.45, 7) is 3.20. The zero-order chi connectivity index (χ0) is 15.5. The van der Waals surface area contributed by atoms with Gasteiger partial charge in [-0.25, -0.2) is 17.5 Å². The number of aliphatic carboxylic acids is 1. The molecule has 2 N–H and O–H groups in total. The first-order chi connectivity index (χ1) is 9.12.